The van der Waals surface area contributed by atoms with Crippen LogP contribution in [0.5, 0.6) is 5.75 Å². The van der Waals surface area contributed by atoms with Crippen LogP contribution in [0.1, 0.15) is 23.4 Å². The Hall–Kier alpha value is -4.26. The van der Waals surface area contributed by atoms with E-state index < -0.39 is 0 Å². The highest BCUT2D eigenvalue weighted by molar-refractivity contribution is 6.13. The van der Waals surface area contributed by atoms with Gasteiger partial charge in [0.2, 0.25) is 17.6 Å². The third-order valence-corrected chi connectivity index (χ3v) is 4.77. The first kappa shape index (κ1) is 21.0. The molecule has 0 atom stereocenters. The Balaban J connectivity index is 1.40. The van der Waals surface area contributed by atoms with Gasteiger partial charge in [-0.3, -0.25) is 4.79 Å². The first-order valence-corrected chi connectivity index (χ1v) is 10.2. The number of benzene rings is 3. The van der Waals surface area contributed by atoms with Crippen LogP contribution in [0, 0.1) is 0 Å². The molecule has 0 aliphatic heterocycles. The maximum atomic E-state index is 12.4. The summed E-state index contributed by atoms with van der Waals surface area (Å²) in [5.74, 6) is 1.37. The summed E-state index contributed by atoms with van der Waals surface area (Å²) in [4.78, 5) is 16.8. The lowest BCUT2D eigenvalue weighted by Gasteiger charge is -2.07. The smallest absolute Gasteiger partial charge is 0.240 e. The van der Waals surface area contributed by atoms with Gasteiger partial charge in [-0.2, -0.15) is 10.1 Å². The van der Waals surface area contributed by atoms with Crippen molar-refractivity contribution in [3.8, 4) is 17.1 Å². The van der Waals surface area contributed by atoms with E-state index in [0.29, 0.717) is 23.8 Å². The molecule has 1 amide bonds. The SMILES string of the molecule is COc1ccc(-c2noc(CCC(=O)NN=C(c3ccccc3)c3ccccc3)n2)cc1. The lowest BCUT2D eigenvalue weighted by atomic mass is 10.0. The second-order valence-electron chi connectivity index (χ2n) is 6.97. The molecular formula is C25H22N4O3. The second kappa shape index (κ2) is 10.2. The van der Waals surface area contributed by atoms with Crippen molar-refractivity contribution < 1.29 is 14.1 Å². The molecule has 0 saturated carbocycles. The monoisotopic (exact) mass is 426 g/mol. The Morgan fingerprint density at radius 1 is 0.938 bits per heavy atom. The molecule has 0 spiro atoms. The molecule has 1 N–H and O–H groups in total. The van der Waals surface area contributed by atoms with Gasteiger partial charge in [-0.05, 0) is 24.3 Å². The van der Waals surface area contributed by atoms with Crippen LogP contribution in [0.25, 0.3) is 11.4 Å². The summed E-state index contributed by atoms with van der Waals surface area (Å²) in [6.45, 7) is 0. The highest BCUT2D eigenvalue weighted by Gasteiger charge is 2.12. The van der Waals surface area contributed by atoms with Gasteiger partial charge in [0.15, 0.2) is 0 Å². The van der Waals surface area contributed by atoms with Crippen LogP contribution in [0.2, 0.25) is 0 Å². The number of nitrogens with one attached hydrogen (secondary N) is 1. The minimum absolute atomic E-state index is 0.171. The molecule has 0 radical (unpaired) electrons. The molecular weight excluding hydrogens is 404 g/mol. The first-order valence-electron chi connectivity index (χ1n) is 10.2. The van der Waals surface area contributed by atoms with Crippen molar-refractivity contribution in [2.75, 3.05) is 7.11 Å². The predicted molar refractivity (Wildman–Crippen MR) is 121 cm³/mol. The fraction of sp³-hybridized carbons (Fsp3) is 0.120. The van der Waals surface area contributed by atoms with E-state index in [2.05, 4.69) is 20.7 Å². The summed E-state index contributed by atoms with van der Waals surface area (Å²) >= 11 is 0. The third-order valence-electron chi connectivity index (χ3n) is 4.77. The maximum absolute atomic E-state index is 12.4. The molecule has 0 bridgehead atoms. The van der Waals surface area contributed by atoms with E-state index >= 15 is 0 Å². The molecule has 0 aliphatic rings. The van der Waals surface area contributed by atoms with Crippen LogP contribution < -0.4 is 10.2 Å². The highest BCUT2D eigenvalue weighted by atomic mass is 16.5. The van der Waals surface area contributed by atoms with E-state index in [-0.39, 0.29) is 12.3 Å². The molecule has 160 valence electrons. The lowest BCUT2D eigenvalue weighted by molar-refractivity contribution is -0.121. The van der Waals surface area contributed by atoms with E-state index in [0.717, 1.165) is 22.4 Å². The van der Waals surface area contributed by atoms with E-state index in [4.69, 9.17) is 9.26 Å². The Morgan fingerprint density at radius 3 is 2.16 bits per heavy atom. The summed E-state index contributed by atoms with van der Waals surface area (Å²) in [5.41, 5.74) is 5.98. The molecule has 7 heteroatoms. The molecule has 4 rings (SSSR count). The molecule has 7 nitrogen and oxygen atoms in total. The normalized spacial score (nSPS) is 10.4. The van der Waals surface area contributed by atoms with Crippen LogP contribution in [-0.4, -0.2) is 28.9 Å². The van der Waals surface area contributed by atoms with Crippen LogP contribution >= 0.6 is 0 Å². The third kappa shape index (κ3) is 5.26. The Kier molecular flexibility index (Phi) is 6.67. The minimum Gasteiger partial charge on any atom is -0.497 e. The zero-order valence-electron chi connectivity index (χ0n) is 17.6. The van der Waals surface area contributed by atoms with Gasteiger partial charge >= 0.3 is 0 Å². The Morgan fingerprint density at radius 2 is 1.56 bits per heavy atom. The van der Waals surface area contributed by atoms with Gasteiger partial charge in [0.05, 0.1) is 12.8 Å². The topological polar surface area (TPSA) is 89.6 Å². The number of carbonyl (C=O) groups is 1. The van der Waals surface area contributed by atoms with E-state index in [9.17, 15) is 4.79 Å². The molecule has 3 aromatic carbocycles. The molecule has 1 aromatic heterocycles. The molecule has 0 aliphatic carbocycles. The molecule has 4 aromatic rings. The van der Waals surface area contributed by atoms with Crippen molar-refractivity contribution in [2.24, 2.45) is 5.10 Å². The number of amides is 1. The highest BCUT2D eigenvalue weighted by Crippen LogP contribution is 2.20. The average molecular weight is 426 g/mol. The molecule has 0 saturated heterocycles. The number of hydrogen-bond acceptors (Lipinski definition) is 6. The van der Waals surface area contributed by atoms with Crippen LogP contribution in [0.15, 0.2) is 94.6 Å². The number of rotatable bonds is 8. The number of aromatic nitrogens is 2. The van der Waals surface area contributed by atoms with Crippen LogP contribution in [0.3, 0.4) is 0 Å². The fourth-order valence-electron chi connectivity index (χ4n) is 3.10. The fourth-order valence-corrected chi connectivity index (χ4v) is 3.10. The summed E-state index contributed by atoms with van der Waals surface area (Å²) < 4.78 is 10.4. The first-order chi connectivity index (χ1) is 15.7. The number of aryl methyl sites for hydroxylation is 1. The van der Waals surface area contributed by atoms with Gasteiger partial charge in [0.1, 0.15) is 5.75 Å². The van der Waals surface area contributed by atoms with Crippen LogP contribution in [0.4, 0.5) is 0 Å². The standard InChI is InChI=1S/C25H22N4O3/c1-31-21-14-12-20(13-15-21)25-26-23(32-29-25)17-16-22(30)27-28-24(18-8-4-2-5-9-18)19-10-6-3-7-11-19/h2-15H,16-17H2,1H3,(H,27,30). The molecule has 0 fully saturated rings. The molecule has 32 heavy (non-hydrogen) atoms. The number of carbonyl (C=O) groups excluding carboxylic acids is 1. The zero-order valence-corrected chi connectivity index (χ0v) is 17.6. The predicted octanol–water partition coefficient (Wildman–Crippen LogP) is 4.25. The minimum atomic E-state index is -0.237. The molecule has 0 unspecified atom stereocenters. The van der Waals surface area contributed by atoms with Crippen molar-refractivity contribution in [1.29, 1.82) is 0 Å². The molecule has 1 heterocycles. The van der Waals surface area contributed by atoms with Gasteiger partial charge < -0.3 is 9.26 Å². The summed E-state index contributed by atoms with van der Waals surface area (Å²) in [7, 11) is 1.61. The van der Waals surface area contributed by atoms with Gasteiger partial charge in [-0.15, -0.1) is 0 Å². The van der Waals surface area contributed by atoms with Gasteiger partial charge in [-0.25, -0.2) is 5.43 Å². The van der Waals surface area contributed by atoms with Gasteiger partial charge in [0.25, 0.3) is 0 Å². The number of hydrogen-bond donors (Lipinski definition) is 1. The zero-order chi connectivity index (χ0) is 22.2. The van der Waals surface area contributed by atoms with Crippen molar-refractivity contribution >= 4 is 11.6 Å². The Labute approximate surface area is 185 Å². The largest absolute Gasteiger partial charge is 0.497 e. The van der Waals surface area contributed by atoms with Gasteiger partial charge in [-0.1, -0.05) is 65.8 Å². The van der Waals surface area contributed by atoms with E-state index in [1.54, 1.807) is 7.11 Å². The van der Waals surface area contributed by atoms with Crippen LogP contribution in [-0.2, 0) is 11.2 Å². The van der Waals surface area contributed by atoms with Crippen molar-refractivity contribution in [2.45, 2.75) is 12.8 Å². The lowest BCUT2D eigenvalue weighted by Crippen LogP contribution is -2.21. The van der Waals surface area contributed by atoms with E-state index in [1.807, 2.05) is 84.9 Å². The quantitative estimate of drug-likeness (QED) is 0.336. The Bertz CT molecular complexity index is 1150. The number of ether oxygens (including phenoxy) is 1. The second-order valence-corrected chi connectivity index (χ2v) is 6.97. The van der Waals surface area contributed by atoms with Crippen molar-refractivity contribution in [1.82, 2.24) is 15.6 Å². The summed E-state index contributed by atoms with van der Waals surface area (Å²) in [6, 6.07) is 26.8. The summed E-state index contributed by atoms with van der Waals surface area (Å²) in [5, 5.41) is 8.37. The van der Waals surface area contributed by atoms with Gasteiger partial charge in [0, 0.05) is 29.5 Å². The van der Waals surface area contributed by atoms with Crippen molar-refractivity contribution in [3.05, 3.63) is 102 Å². The maximum Gasteiger partial charge on any atom is 0.240 e. The number of methoxy groups -OCH3 is 1. The number of hydrazone groups is 1. The number of nitrogens with zero attached hydrogens (tertiary/aromatic N) is 3. The summed E-state index contributed by atoms with van der Waals surface area (Å²) in [6.07, 6.45) is 0.487. The van der Waals surface area contributed by atoms with Crippen molar-refractivity contribution in [3.63, 3.8) is 0 Å². The average Bonchev–Trinajstić information content (AvgIpc) is 3.33. The van der Waals surface area contributed by atoms with E-state index in [1.165, 1.54) is 0 Å².